The molecule has 1 atom stereocenters. The molecule has 0 aromatic carbocycles. The van der Waals surface area contributed by atoms with Crippen molar-refractivity contribution in [2.45, 2.75) is 9.58 Å². The van der Waals surface area contributed by atoms with E-state index in [1.165, 1.54) is 6.34 Å². The van der Waals surface area contributed by atoms with Gasteiger partial charge < -0.3 is 11.1 Å². The predicted octanol–water partition coefficient (Wildman–Crippen LogP) is -0.0847. The first-order valence-corrected chi connectivity index (χ1v) is 4.00. The molecule has 0 fully saturated rings. The van der Waals surface area contributed by atoms with Gasteiger partial charge in [-0.1, -0.05) is 34.8 Å². The third kappa shape index (κ3) is 1.74. The van der Waals surface area contributed by atoms with Gasteiger partial charge in [-0.2, -0.15) is 0 Å². The molecular formula is C4H6Cl3N5. The van der Waals surface area contributed by atoms with Crippen molar-refractivity contribution in [1.29, 1.82) is 0 Å². The number of rotatable bonds is 0. The molecule has 5 N–H and O–H groups in total. The maximum atomic E-state index is 5.53. The highest BCUT2D eigenvalue weighted by molar-refractivity contribution is 6.68. The van der Waals surface area contributed by atoms with Gasteiger partial charge in [-0.25, -0.2) is 9.98 Å². The number of hydrogen-bond donors (Lipinski definition) is 3. The van der Waals surface area contributed by atoms with Crippen LogP contribution in [0.4, 0.5) is 0 Å². The molecule has 12 heavy (non-hydrogen) atoms. The zero-order valence-electron chi connectivity index (χ0n) is 5.76. The average Bonchev–Trinajstić information content (AvgIpc) is 1.83. The Morgan fingerprint density at radius 2 is 2.08 bits per heavy atom. The maximum Gasteiger partial charge on any atom is 0.254 e. The van der Waals surface area contributed by atoms with Crippen molar-refractivity contribution in [3.05, 3.63) is 0 Å². The zero-order valence-corrected chi connectivity index (χ0v) is 8.03. The molecule has 0 saturated carbocycles. The van der Waals surface area contributed by atoms with Crippen LogP contribution in [-0.4, -0.2) is 21.9 Å². The van der Waals surface area contributed by atoms with Crippen LogP contribution in [0.2, 0.25) is 0 Å². The molecule has 0 spiro atoms. The second-order valence-corrected chi connectivity index (χ2v) is 4.40. The molecule has 0 aliphatic carbocycles. The standard InChI is InChI=1S/C4H6Cl3N5/c5-3(6,7)4(9)11-1-10-2(8)12-4/h1H,9H2,(H3,8,10,11,12). The minimum atomic E-state index is -1.82. The van der Waals surface area contributed by atoms with Gasteiger partial charge in [0.25, 0.3) is 5.79 Å². The minimum absolute atomic E-state index is 0.0545. The smallest absolute Gasteiger partial charge is 0.254 e. The first-order valence-electron chi connectivity index (χ1n) is 2.86. The highest BCUT2D eigenvalue weighted by Crippen LogP contribution is 2.38. The Balaban J connectivity index is 2.99. The van der Waals surface area contributed by atoms with E-state index in [0.29, 0.717) is 0 Å². The molecule has 0 saturated heterocycles. The van der Waals surface area contributed by atoms with Gasteiger partial charge in [0.2, 0.25) is 3.79 Å². The summed E-state index contributed by atoms with van der Waals surface area (Å²) in [6.07, 6.45) is 1.23. The lowest BCUT2D eigenvalue weighted by Gasteiger charge is -2.29. The molecule has 0 amide bonds. The lowest BCUT2D eigenvalue weighted by Crippen LogP contribution is -2.54. The lowest BCUT2D eigenvalue weighted by molar-refractivity contribution is 0.472. The fraction of sp³-hybridized carbons (Fsp3) is 0.500. The van der Waals surface area contributed by atoms with Gasteiger partial charge >= 0.3 is 0 Å². The second kappa shape index (κ2) is 2.92. The van der Waals surface area contributed by atoms with Gasteiger partial charge in [0, 0.05) is 0 Å². The molecule has 68 valence electrons. The Labute approximate surface area is 83.8 Å². The van der Waals surface area contributed by atoms with Crippen LogP contribution in [0.1, 0.15) is 0 Å². The molecule has 1 aliphatic rings. The monoisotopic (exact) mass is 229 g/mol. The van der Waals surface area contributed by atoms with Gasteiger partial charge in [0.1, 0.15) is 0 Å². The molecule has 1 unspecified atom stereocenters. The van der Waals surface area contributed by atoms with Crippen molar-refractivity contribution in [3.8, 4) is 0 Å². The number of nitrogens with one attached hydrogen (secondary N) is 1. The van der Waals surface area contributed by atoms with Crippen LogP contribution in [0.3, 0.4) is 0 Å². The number of nitrogens with two attached hydrogens (primary N) is 2. The van der Waals surface area contributed by atoms with E-state index in [-0.39, 0.29) is 5.96 Å². The topological polar surface area (TPSA) is 88.8 Å². The maximum absolute atomic E-state index is 5.53. The summed E-state index contributed by atoms with van der Waals surface area (Å²) < 4.78 is -1.82. The van der Waals surface area contributed by atoms with E-state index in [1.807, 2.05) is 0 Å². The van der Waals surface area contributed by atoms with Crippen LogP contribution in [0, 0.1) is 0 Å². The van der Waals surface area contributed by atoms with Crippen molar-refractivity contribution in [1.82, 2.24) is 5.32 Å². The first kappa shape index (κ1) is 9.85. The predicted molar refractivity (Wildman–Crippen MR) is 50.5 cm³/mol. The molecule has 0 radical (unpaired) electrons. The SMILES string of the molecule is NC1=NC(N)(C(Cl)(Cl)Cl)N=CN1. The summed E-state index contributed by atoms with van der Waals surface area (Å²) in [7, 11) is 0. The summed E-state index contributed by atoms with van der Waals surface area (Å²) in [6.45, 7) is 0. The fourth-order valence-corrected chi connectivity index (χ4v) is 0.851. The summed E-state index contributed by atoms with van der Waals surface area (Å²) >= 11 is 16.6. The molecule has 5 nitrogen and oxygen atoms in total. The number of nitrogens with zero attached hydrogens (tertiary/aromatic N) is 2. The van der Waals surface area contributed by atoms with Gasteiger partial charge in [-0.15, -0.1) is 0 Å². The molecule has 0 aromatic rings. The van der Waals surface area contributed by atoms with Gasteiger partial charge in [-0.05, 0) is 0 Å². The van der Waals surface area contributed by atoms with E-state index >= 15 is 0 Å². The van der Waals surface area contributed by atoms with Crippen molar-refractivity contribution in [2.75, 3.05) is 0 Å². The quantitative estimate of drug-likeness (QED) is 0.508. The highest BCUT2D eigenvalue weighted by atomic mass is 35.6. The summed E-state index contributed by atoms with van der Waals surface area (Å²) in [5.74, 6) is -1.59. The third-order valence-electron chi connectivity index (χ3n) is 1.18. The average molecular weight is 230 g/mol. The Kier molecular flexibility index (Phi) is 2.40. The fourth-order valence-electron chi connectivity index (χ4n) is 0.578. The Morgan fingerprint density at radius 1 is 1.50 bits per heavy atom. The van der Waals surface area contributed by atoms with Crippen LogP contribution in [0.25, 0.3) is 0 Å². The van der Waals surface area contributed by atoms with Gasteiger partial charge in [-0.3, -0.25) is 5.73 Å². The molecule has 8 heteroatoms. The molecule has 1 heterocycles. The summed E-state index contributed by atoms with van der Waals surface area (Å²) in [5, 5.41) is 2.49. The van der Waals surface area contributed by atoms with E-state index < -0.39 is 9.58 Å². The summed E-state index contributed by atoms with van der Waals surface area (Å²) in [4.78, 5) is 7.31. The summed E-state index contributed by atoms with van der Waals surface area (Å²) in [5.41, 5.74) is 10.8. The molecule has 1 rings (SSSR count). The van der Waals surface area contributed by atoms with Crippen LogP contribution in [-0.2, 0) is 0 Å². The van der Waals surface area contributed by atoms with Gasteiger partial charge in [0.15, 0.2) is 5.96 Å². The lowest BCUT2D eigenvalue weighted by atomic mass is 10.4. The van der Waals surface area contributed by atoms with Crippen LogP contribution >= 0.6 is 34.8 Å². The minimum Gasteiger partial charge on any atom is -0.370 e. The van der Waals surface area contributed by atoms with Gasteiger partial charge in [0.05, 0.1) is 6.34 Å². The van der Waals surface area contributed by atoms with Crippen molar-refractivity contribution < 1.29 is 0 Å². The Bertz CT molecular complexity index is 244. The number of alkyl halides is 3. The van der Waals surface area contributed by atoms with Crippen molar-refractivity contribution in [2.24, 2.45) is 21.5 Å². The van der Waals surface area contributed by atoms with Crippen LogP contribution in [0.5, 0.6) is 0 Å². The number of aliphatic imine (C=N–C) groups is 2. The molecule has 0 bridgehead atoms. The molecular weight excluding hydrogens is 224 g/mol. The van der Waals surface area contributed by atoms with E-state index in [1.54, 1.807) is 0 Å². The van der Waals surface area contributed by atoms with Crippen LogP contribution < -0.4 is 16.8 Å². The molecule has 0 aromatic heterocycles. The summed E-state index contributed by atoms with van der Waals surface area (Å²) in [6, 6.07) is 0. The van der Waals surface area contributed by atoms with Crippen molar-refractivity contribution in [3.63, 3.8) is 0 Å². The Morgan fingerprint density at radius 3 is 2.42 bits per heavy atom. The number of hydrogen-bond acceptors (Lipinski definition) is 5. The molecule has 1 aliphatic heterocycles. The van der Waals surface area contributed by atoms with Crippen molar-refractivity contribution >= 4 is 47.1 Å². The second-order valence-electron chi connectivity index (χ2n) is 2.12. The van der Waals surface area contributed by atoms with E-state index in [9.17, 15) is 0 Å². The number of guanidine groups is 1. The normalized spacial score (nSPS) is 29.5. The van der Waals surface area contributed by atoms with E-state index in [0.717, 1.165) is 0 Å². The highest BCUT2D eigenvalue weighted by Gasteiger charge is 2.46. The first-order chi connectivity index (χ1) is 5.35. The van der Waals surface area contributed by atoms with E-state index in [4.69, 9.17) is 46.3 Å². The number of halogens is 3. The zero-order chi connectivity index (χ0) is 9.41. The largest absolute Gasteiger partial charge is 0.370 e. The Hall–Kier alpha value is -0.230. The van der Waals surface area contributed by atoms with E-state index in [2.05, 4.69) is 15.3 Å². The van der Waals surface area contributed by atoms with Crippen LogP contribution in [0.15, 0.2) is 9.98 Å². The third-order valence-corrected chi connectivity index (χ3v) is 2.02.